The van der Waals surface area contributed by atoms with Gasteiger partial charge in [0.05, 0.1) is 18.3 Å². The lowest BCUT2D eigenvalue weighted by Crippen LogP contribution is -2.33. The molecule has 0 spiro atoms. The molecule has 0 N–H and O–H groups in total. The normalized spacial score (nSPS) is 21.0. The fourth-order valence-corrected chi connectivity index (χ4v) is 3.85. The number of carbonyl (C=O) groups excluding carboxylic acids is 4. The number of likely N-dealkylation sites (tertiary alicyclic amines) is 1. The van der Waals surface area contributed by atoms with Crippen molar-refractivity contribution in [1.82, 2.24) is 4.90 Å². The van der Waals surface area contributed by atoms with Crippen LogP contribution in [-0.4, -0.2) is 41.6 Å². The summed E-state index contributed by atoms with van der Waals surface area (Å²) in [5.41, 5.74) is 3.48. The summed E-state index contributed by atoms with van der Waals surface area (Å²) in [4.78, 5) is 50.3. The van der Waals surface area contributed by atoms with Gasteiger partial charge in [0.25, 0.3) is 0 Å². The largest absolute Gasteiger partial charge is 0.457 e. The van der Waals surface area contributed by atoms with E-state index in [4.69, 9.17) is 4.74 Å². The summed E-state index contributed by atoms with van der Waals surface area (Å²) in [5, 5.41) is 0. The van der Waals surface area contributed by atoms with Crippen molar-refractivity contribution in [2.75, 3.05) is 13.2 Å². The second-order valence-electron chi connectivity index (χ2n) is 7.57. The fraction of sp³-hybridized carbons (Fsp3) is 0.455. The standard InChI is InChI=1S/C22H25NO5/c1-13-10-15(3)18(11-14(13)2)19(24)12-28-20(25)8-9-23-21(26)16-6-4-5-7-17(16)22(23)27/h4-5,10-11,16-17H,6-9,12H2,1-3H3/t16-,17-/m0/s1. The molecule has 2 atom stereocenters. The Morgan fingerprint density at radius 2 is 1.54 bits per heavy atom. The summed E-state index contributed by atoms with van der Waals surface area (Å²) in [6.45, 7) is 5.40. The highest BCUT2D eigenvalue weighted by Gasteiger charge is 2.46. The van der Waals surface area contributed by atoms with Gasteiger partial charge in [0.1, 0.15) is 0 Å². The zero-order valence-corrected chi connectivity index (χ0v) is 16.5. The lowest BCUT2D eigenvalue weighted by Gasteiger charge is -2.14. The van der Waals surface area contributed by atoms with Gasteiger partial charge in [-0.2, -0.15) is 0 Å². The average molecular weight is 383 g/mol. The first-order valence-electron chi connectivity index (χ1n) is 9.56. The number of ether oxygens (including phenoxy) is 1. The van der Waals surface area contributed by atoms with Crippen LogP contribution in [0.5, 0.6) is 0 Å². The Balaban J connectivity index is 1.51. The van der Waals surface area contributed by atoms with E-state index < -0.39 is 5.97 Å². The molecule has 1 aromatic carbocycles. The van der Waals surface area contributed by atoms with Crippen molar-refractivity contribution < 1.29 is 23.9 Å². The number of nitrogens with zero attached hydrogens (tertiary/aromatic N) is 1. The molecule has 0 saturated carbocycles. The molecule has 1 saturated heterocycles. The van der Waals surface area contributed by atoms with Gasteiger partial charge < -0.3 is 4.74 Å². The lowest BCUT2D eigenvalue weighted by atomic mass is 9.85. The van der Waals surface area contributed by atoms with Gasteiger partial charge in [0, 0.05) is 12.1 Å². The van der Waals surface area contributed by atoms with Crippen LogP contribution < -0.4 is 0 Å². The molecule has 0 bridgehead atoms. The van der Waals surface area contributed by atoms with E-state index in [1.807, 2.05) is 39.0 Å². The lowest BCUT2D eigenvalue weighted by molar-refractivity contribution is -0.145. The summed E-state index contributed by atoms with van der Waals surface area (Å²) in [6.07, 6.45) is 4.87. The first-order chi connectivity index (χ1) is 13.3. The quantitative estimate of drug-likeness (QED) is 0.327. The van der Waals surface area contributed by atoms with E-state index >= 15 is 0 Å². The van der Waals surface area contributed by atoms with Crippen LogP contribution in [0.4, 0.5) is 0 Å². The van der Waals surface area contributed by atoms with E-state index in [1.165, 1.54) is 4.90 Å². The molecule has 28 heavy (non-hydrogen) atoms. The van der Waals surface area contributed by atoms with E-state index in [9.17, 15) is 19.2 Å². The number of benzene rings is 1. The summed E-state index contributed by atoms with van der Waals surface area (Å²) in [5.74, 6) is -1.89. The number of imide groups is 1. The minimum absolute atomic E-state index is 0.000355. The molecule has 0 unspecified atom stereocenters. The van der Waals surface area contributed by atoms with Crippen LogP contribution in [0.25, 0.3) is 0 Å². The number of aryl methyl sites for hydroxylation is 3. The van der Waals surface area contributed by atoms with Gasteiger partial charge in [0.15, 0.2) is 6.61 Å². The number of ketones is 1. The SMILES string of the molecule is Cc1cc(C)c(C(=O)COC(=O)CCN2C(=O)[C@H]3CC=CC[C@@H]3C2=O)cc1C. The number of hydrogen-bond donors (Lipinski definition) is 0. The second kappa shape index (κ2) is 8.09. The first-order valence-corrected chi connectivity index (χ1v) is 9.56. The van der Waals surface area contributed by atoms with E-state index in [-0.39, 0.29) is 49.0 Å². The topological polar surface area (TPSA) is 80.8 Å². The Morgan fingerprint density at radius 3 is 2.14 bits per heavy atom. The number of amides is 2. The van der Waals surface area contributed by atoms with Gasteiger partial charge in [-0.05, 0) is 56.4 Å². The Kier molecular flexibility index (Phi) is 5.77. The van der Waals surface area contributed by atoms with Gasteiger partial charge in [0.2, 0.25) is 17.6 Å². The highest BCUT2D eigenvalue weighted by molar-refractivity contribution is 6.05. The van der Waals surface area contributed by atoms with Crippen LogP contribution in [0.3, 0.4) is 0 Å². The molecular formula is C22H25NO5. The number of fused-ring (bicyclic) bond motifs is 1. The van der Waals surface area contributed by atoms with E-state index in [0.29, 0.717) is 18.4 Å². The molecule has 1 fully saturated rings. The van der Waals surface area contributed by atoms with Gasteiger partial charge in [-0.15, -0.1) is 0 Å². The van der Waals surface area contributed by atoms with E-state index in [2.05, 4.69) is 0 Å². The van der Waals surface area contributed by atoms with E-state index in [0.717, 1.165) is 16.7 Å². The average Bonchev–Trinajstić information content (AvgIpc) is 2.92. The summed E-state index contributed by atoms with van der Waals surface area (Å²) in [6, 6.07) is 3.74. The van der Waals surface area contributed by atoms with Gasteiger partial charge in [-0.25, -0.2) is 0 Å². The highest BCUT2D eigenvalue weighted by Crippen LogP contribution is 2.35. The fourth-order valence-electron chi connectivity index (χ4n) is 3.85. The van der Waals surface area contributed by atoms with Gasteiger partial charge in [-0.1, -0.05) is 18.2 Å². The van der Waals surface area contributed by atoms with Crippen LogP contribution in [-0.2, 0) is 19.1 Å². The molecule has 1 aromatic rings. The molecule has 148 valence electrons. The van der Waals surface area contributed by atoms with E-state index in [1.54, 1.807) is 6.07 Å². The van der Waals surface area contributed by atoms with Crippen LogP contribution in [0.15, 0.2) is 24.3 Å². The van der Waals surface area contributed by atoms with Crippen LogP contribution in [0.1, 0.15) is 46.3 Å². The van der Waals surface area contributed by atoms with Crippen molar-refractivity contribution in [1.29, 1.82) is 0 Å². The van der Waals surface area contributed by atoms with Crippen molar-refractivity contribution in [3.8, 4) is 0 Å². The van der Waals surface area contributed by atoms with Crippen molar-refractivity contribution in [2.45, 2.75) is 40.0 Å². The molecule has 0 radical (unpaired) electrons. The third-order valence-corrected chi connectivity index (χ3v) is 5.64. The smallest absolute Gasteiger partial charge is 0.308 e. The number of carbonyl (C=O) groups is 4. The summed E-state index contributed by atoms with van der Waals surface area (Å²) >= 11 is 0. The Bertz CT molecular complexity index is 844. The monoisotopic (exact) mass is 383 g/mol. The van der Waals surface area contributed by atoms with Crippen LogP contribution >= 0.6 is 0 Å². The molecule has 6 heteroatoms. The van der Waals surface area contributed by atoms with Crippen LogP contribution in [0.2, 0.25) is 0 Å². The molecule has 1 aliphatic carbocycles. The third-order valence-electron chi connectivity index (χ3n) is 5.64. The molecule has 2 aliphatic rings. The van der Waals surface area contributed by atoms with Crippen LogP contribution in [0, 0.1) is 32.6 Å². The zero-order valence-electron chi connectivity index (χ0n) is 16.5. The molecule has 1 aliphatic heterocycles. The van der Waals surface area contributed by atoms with Crippen molar-refractivity contribution in [2.24, 2.45) is 11.8 Å². The highest BCUT2D eigenvalue weighted by atomic mass is 16.5. The maximum atomic E-state index is 12.4. The Labute approximate surface area is 164 Å². The minimum atomic E-state index is -0.594. The number of esters is 1. The molecule has 6 nitrogen and oxygen atoms in total. The summed E-state index contributed by atoms with van der Waals surface area (Å²) in [7, 11) is 0. The maximum Gasteiger partial charge on any atom is 0.308 e. The first kappa shape index (κ1) is 20.0. The van der Waals surface area contributed by atoms with Gasteiger partial charge >= 0.3 is 5.97 Å². The molecule has 0 aromatic heterocycles. The van der Waals surface area contributed by atoms with Gasteiger partial charge in [-0.3, -0.25) is 24.1 Å². The number of hydrogen-bond acceptors (Lipinski definition) is 5. The minimum Gasteiger partial charge on any atom is -0.457 e. The third kappa shape index (κ3) is 3.91. The number of Topliss-reactive ketones (excluding diaryl/α,β-unsaturated/α-hetero) is 1. The predicted molar refractivity (Wildman–Crippen MR) is 103 cm³/mol. The Hall–Kier alpha value is -2.76. The molecule has 1 heterocycles. The molecule has 2 amide bonds. The van der Waals surface area contributed by atoms with Crippen molar-refractivity contribution in [3.05, 3.63) is 46.5 Å². The summed E-state index contributed by atoms with van der Waals surface area (Å²) < 4.78 is 5.08. The zero-order chi connectivity index (χ0) is 20.4. The van der Waals surface area contributed by atoms with Crippen molar-refractivity contribution >= 4 is 23.6 Å². The number of allylic oxidation sites excluding steroid dienone is 2. The number of rotatable bonds is 6. The molecule has 3 rings (SSSR count). The molecular weight excluding hydrogens is 358 g/mol. The maximum absolute atomic E-state index is 12.4. The predicted octanol–water partition coefficient (Wildman–Crippen LogP) is 2.68. The second-order valence-corrected chi connectivity index (χ2v) is 7.57. The van der Waals surface area contributed by atoms with Crippen molar-refractivity contribution in [3.63, 3.8) is 0 Å². The Morgan fingerprint density at radius 1 is 0.964 bits per heavy atom.